The minimum absolute atomic E-state index is 0.0415. The number of rotatable bonds is 6. The molecule has 27 heavy (non-hydrogen) atoms. The quantitative estimate of drug-likeness (QED) is 0.687. The minimum Gasteiger partial charge on any atom is -0.501 e. The molecule has 0 fully saturated rings. The Kier molecular flexibility index (Phi) is 5.32. The zero-order valence-corrected chi connectivity index (χ0v) is 15.7. The fourth-order valence-corrected chi connectivity index (χ4v) is 2.71. The van der Waals surface area contributed by atoms with E-state index in [1.54, 1.807) is 7.11 Å². The minimum atomic E-state index is -0.537. The van der Waals surface area contributed by atoms with Crippen molar-refractivity contribution in [3.8, 4) is 34.2 Å². The van der Waals surface area contributed by atoms with Gasteiger partial charge in [0.2, 0.25) is 11.2 Å². The lowest BCUT2D eigenvalue weighted by Gasteiger charge is -2.07. The van der Waals surface area contributed by atoms with Gasteiger partial charge in [0, 0.05) is 24.7 Å². The number of H-pyrrole nitrogens is 1. The summed E-state index contributed by atoms with van der Waals surface area (Å²) in [6, 6.07) is 8.57. The molecule has 0 amide bonds. The van der Waals surface area contributed by atoms with Crippen LogP contribution in [0.3, 0.4) is 0 Å². The molecule has 7 heteroatoms. The Labute approximate surface area is 156 Å². The highest BCUT2D eigenvalue weighted by Crippen LogP contribution is 2.36. The third-order valence-electron chi connectivity index (χ3n) is 4.12. The van der Waals surface area contributed by atoms with Crippen molar-refractivity contribution >= 4 is 0 Å². The molecule has 2 N–H and O–H groups in total. The van der Waals surface area contributed by atoms with E-state index >= 15 is 0 Å². The number of aromatic amines is 1. The maximum atomic E-state index is 12.2. The van der Waals surface area contributed by atoms with Crippen molar-refractivity contribution in [1.29, 1.82) is 0 Å². The number of hydrogen-bond donors (Lipinski definition) is 2. The van der Waals surface area contributed by atoms with Crippen LogP contribution < -0.4 is 10.2 Å². The SMILES string of the molecule is COCc1cc(=O)c(O)c(-c2[nH]c(C(C)C)nc2-c2ccc(OC)cc2)o1. The van der Waals surface area contributed by atoms with Gasteiger partial charge in [-0.25, -0.2) is 4.98 Å². The number of ether oxygens (including phenoxy) is 2. The van der Waals surface area contributed by atoms with Crippen molar-refractivity contribution in [2.24, 2.45) is 0 Å². The Morgan fingerprint density at radius 2 is 1.93 bits per heavy atom. The van der Waals surface area contributed by atoms with E-state index in [1.165, 1.54) is 13.2 Å². The van der Waals surface area contributed by atoms with E-state index in [0.29, 0.717) is 17.1 Å². The number of methoxy groups -OCH3 is 2. The molecule has 7 nitrogen and oxygen atoms in total. The smallest absolute Gasteiger partial charge is 0.227 e. The van der Waals surface area contributed by atoms with Crippen molar-refractivity contribution in [3.63, 3.8) is 0 Å². The van der Waals surface area contributed by atoms with Gasteiger partial charge in [-0.1, -0.05) is 13.8 Å². The highest BCUT2D eigenvalue weighted by molar-refractivity contribution is 5.78. The Bertz CT molecular complexity index is 987. The fraction of sp³-hybridized carbons (Fsp3) is 0.300. The van der Waals surface area contributed by atoms with Crippen LogP contribution in [-0.4, -0.2) is 29.3 Å². The van der Waals surface area contributed by atoms with Crippen LogP contribution in [0.15, 0.2) is 39.5 Å². The van der Waals surface area contributed by atoms with Gasteiger partial charge in [-0.2, -0.15) is 0 Å². The summed E-state index contributed by atoms with van der Waals surface area (Å²) in [5.41, 5.74) is 1.28. The highest BCUT2D eigenvalue weighted by Gasteiger charge is 2.22. The molecule has 0 saturated heterocycles. The third kappa shape index (κ3) is 3.73. The Morgan fingerprint density at radius 3 is 2.52 bits per heavy atom. The Hall–Kier alpha value is -3.06. The molecule has 0 bridgehead atoms. The number of nitrogens with zero attached hydrogens (tertiary/aromatic N) is 1. The molecule has 142 valence electrons. The van der Waals surface area contributed by atoms with Crippen LogP contribution in [0.5, 0.6) is 11.5 Å². The van der Waals surface area contributed by atoms with E-state index in [1.807, 2.05) is 38.1 Å². The second kappa shape index (κ2) is 7.67. The van der Waals surface area contributed by atoms with E-state index in [9.17, 15) is 9.90 Å². The molecule has 0 atom stereocenters. The number of aromatic nitrogens is 2. The van der Waals surface area contributed by atoms with Gasteiger partial charge in [0.1, 0.15) is 29.6 Å². The molecule has 0 radical (unpaired) electrons. The van der Waals surface area contributed by atoms with E-state index in [0.717, 1.165) is 17.1 Å². The molecule has 2 aromatic heterocycles. The van der Waals surface area contributed by atoms with Crippen molar-refractivity contribution in [1.82, 2.24) is 9.97 Å². The van der Waals surface area contributed by atoms with Crippen LogP contribution in [0, 0.1) is 0 Å². The summed E-state index contributed by atoms with van der Waals surface area (Å²) in [5, 5.41) is 10.3. The summed E-state index contributed by atoms with van der Waals surface area (Å²) in [5.74, 6) is 1.44. The van der Waals surface area contributed by atoms with Crippen molar-refractivity contribution < 1.29 is 19.0 Å². The van der Waals surface area contributed by atoms with E-state index in [4.69, 9.17) is 13.9 Å². The van der Waals surface area contributed by atoms with Gasteiger partial charge in [-0.15, -0.1) is 0 Å². The summed E-state index contributed by atoms with van der Waals surface area (Å²) < 4.78 is 16.0. The Balaban J connectivity index is 2.21. The topological polar surface area (TPSA) is 97.6 Å². The van der Waals surface area contributed by atoms with E-state index in [2.05, 4.69) is 9.97 Å². The monoisotopic (exact) mass is 370 g/mol. The Morgan fingerprint density at radius 1 is 1.22 bits per heavy atom. The number of aromatic hydroxyl groups is 1. The highest BCUT2D eigenvalue weighted by atomic mass is 16.5. The summed E-state index contributed by atoms with van der Waals surface area (Å²) in [4.78, 5) is 20.0. The largest absolute Gasteiger partial charge is 0.501 e. The van der Waals surface area contributed by atoms with Gasteiger partial charge in [0.15, 0.2) is 5.76 Å². The van der Waals surface area contributed by atoms with Gasteiger partial charge < -0.3 is 24.0 Å². The molecule has 3 rings (SSSR count). The first kappa shape index (κ1) is 18.7. The summed E-state index contributed by atoms with van der Waals surface area (Å²) in [7, 11) is 3.10. The molecular formula is C20H22N2O5. The zero-order valence-electron chi connectivity index (χ0n) is 15.7. The van der Waals surface area contributed by atoms with Crippen LogP contribution in [0.2, 0.25) is 0 Å². The lowest BCUT2D eigenvalue weighted by molar-refractivity contribution is 0.162. The van der Waals surface area contributed by atoms with Gasteiger partial charge >= 0.3 is 0 Å². The third-order valence-corrected chi connectivity index (χ3v) is 4.12. The average molecular weight is 370 g/mol. The lowest BCUT2D eigenvalue weighted by Crippen LogP contribution is -2.04. The number of benzene rings is 1. The molecular weight excluding hydrogens is 348 g/mol. The van der Waals surface area contributed by atoms with Gasteiger partial charge in [-0.3, -0.25) is 4.79 Å². The van der Waals surface area contributed by atoms with Crippen LogP contribution in [0.25, 0.3) is 22.7 Å². The maximum Gasteiger partial charge on any atom is 0.227 e. The number of nitrogens with one attached hydrogen (secondary N) is 1. The standard InChI is InChI=1S/C20H22N2O5/c1-11(2)20-21-16(12-5-7-13(26-4)8-6-12)17(22-20)19-18(24)15(23)9-14(27-19)10-25-3/h5-9,11,24H,10H2,1-4H3,(H,21,22). The van der Waals surface area contributed by atoms with Crippen LogP contribution >= 0.6 is 0 Å². The molecule has 3 aromatic rings. The van der Waals surface area contributed by atoms with Crippen molar-refractivity contribution in [3.05, 3.63) is 52.1 Å². The molecule has 0 aliphatic carbocycles. The predicted octanol–water partition coefficient (Wildman–Crippen LogP) is 3.68. The zero-order chi connectivity index (χ0) is 19.6. The number of hydrogen-bond acceptors (Lipinski definition) is 6. The summed E-state index contributed by atoms with van der Waals surface area (Å²) in [6.45, 7) is 4.11. The maximum absolute atomic E-state index is 12.2. The average Bonchev–Trinajstić information content (AvgIpc) is 3.10. The first-order valence-corrected chi connectivity index (χ1v) is 8.54. The van der Waals surface area contributed by atoms with Crippen LogP contribution in [0.1, 0.15) is 31.4 Å². The first-order valence-electron chi connectivity index (χ1n) is 8.54. The molecule has 1 aromatic carbocycles. The van der Waals surface area contributed by atoms with E-state index < -0.39 is 11.2 Å². The van der Waals surface area contributed by atoms with Crippen molar-refractivity contribution in [2.75, 3.05) is 14.2 Å². The lowest BCUT2D eigenvalue weighted by atomic mass is 10.1. The summed E-state index contributed by atoms with van der Waals surface area (Å²) >= 11 is 0. The summed E-state index contributed by atoms with van der Waals surface area (Å²) in [6.07, 6.45) is 0. The van der Waals surface area contributed by atoms with Crippen LogP contribution in [-0.2, 0) is 11.3 Å². The molecule has 0 aliphatic rings. The molecule has 0 aliphatic heterocycles. The second-order valence-electron chi connectivity index (χ2n) is 6.42. The van der Waals surface area contributed by atoms with E-state index in [-0.39, 0.29) is 18.3 Å². The molecule has 0 saturated carbocycles. The number of imidazole rings is 1. The second-order valence-corrected chi connectivity index (χ2v) is 6.42. The van der Waals surface area contributed by atoms with Gasteiger partial charge in [-0.05, 0) is 24.3 Å². The predicted molar refractivity (Wildman–Crippen MR) is 101 cm³/mol. The fourth-order valence-electron chi connectivity index (χ4n) is 2.71. The molecule has 0 spiro atoms. The normalized spacial score (nSPS) is 11.1. The van der Waals surface area contributed by atoms with Crippen LogP contribution in [0.4, 0.5) is 0 Å². The first-order chi connectivity index (χ1) is 12.9. The molecule has 0 unspecified atom stereocenters. The molecule has 2 heterocycles. The van der Waals surface area contributed by atoms with Gasteiger partial charge in [0.25, 0.3) is 0 Å². The van der Waals surface area contributed by atoms with Crippen molar-refractivity contribution in [2.45, 2.75) is 26.4 Å². The van der Waals surface area contributed by atoms with Gasteiger partial charge in [0.05, 0.1) is 12.8 Å².